The molecule has 2 aromatic rings. The number of hydrogen-bond acceptors (Lipinski definition) is 3. The number of aryl methyl sites for hydroxylation is 2. The van der Waals surface area contributed by atoms with Crippen molar-refractivity contribution in [1.29, 1.82) is 0 Å². The van der Waals surface area contributed by atoms with Gasteiger partial charge >= 0.3 is 6.03 Å². The molecule has 0 fully saturated rings. The number of urea groups is 1. The lowest BCUT2D eigenvalue weighted by Crippen LogP contribution is -2.31. The fourth-order valence-electron chi connectivity index (χ4n) is 2.28. The van der Waals surface area contributed by atoms with Crippen molar-refractivity contribution in [1.82, 2.24) is 5.32 Å². The maximum atomic E-state index is 13.1. The Morgan fingerprint density at radius 1 is 1.32 bits per heavy atom. The standard InChI is InChI=1S/C16H19FN2O3/c1-9-7-13(11(3)22-9)10(2)18-16(20)19-14-6-5-12(17)8-15(14)21-4/h5-8,10H,1-4H3,(H2,18,19,20). The third-order valence-electron chi connectivity index (χ3n) is 3.31. The molecule has 0 radical (unpaired) electrons. The van der Waals surface area contributed by atoms with Gasteiger partial charge in [-0.1, -0.05) is 0 Å². The summed E-state index contributed by atoms with van der Waals surface area (Å²) in [4.78, 5) is 12.1. The Morgan fingerprint density at radius 3 is 2.64 bits per heavy atom. The van der Waals surface area contributed by atoms with Crippen LogP contribution in [0.15, 0.2) is 28.7 Å². The van der Waals surface area contributed by atoms with Crippen molar-refractivity contribution >= 4 is 11.7 Å². The van der Waals surface area contributed by atoms with Crippen LogP contribution < -0.4 is 15.4 Å². The first-order valence-electron chi connectivity index (χ1n) is 6.88. The van der Waals surface area contributed by atoms with E-state index >= 15 is 0 Å². The number of halogens is 1. The Balaban J connectivity index is 2.05. The van der Waals surface area contributed by atoms with Gasteiger partial charge in [-0.05, 0) is 39.0 Å². The smallest absolute Gasteiger partial charge is 0.319 e. The molecule has 6 heteroatoms. The number of carbonyl (C=O) groups excluding carboxylic acids is 1. The molecule has 2 N–H and O–H groups in total. The van der Waals surface area contributed by atoms with E-state index in [-0.39, 0.29) is 11.8 Å². The molecule has 0 aliphatic rings. The summed E-state index contributed by atoms with van der Waals surface area (Å²) in [5.41, 5.74) is 1.31. The van der Waals surface area contributed by atoms with Gasteiger partial charge in [0.1, 0.15) is 23.1 Å². The second kappa shape index (κ2) is 6.51. The van der Waals surface area contributed by atoms with Gasteiger partial charge in [-0.15, -0.1) is 0 Å². The average Bonchev–Trinajstić information content (AvgIpc) is 2.79. The number of benzene rings is 1. The van der Waals surface area contributed by atoms with E-state index < -0.39 is 11.8 Å². The van der Waals surface area contributed by atoms with E-state index in [4.69, 9.17) is 9.15 Å². The largest absolute Gasteiger partial charge is 0.494 e. The SMILES string of the molecule is COc1cc(F)ccc1NC(=O)NC(C)c1cc(C)oc1C. The number of rotatable bonds is 4. The Labute approximate surface area is 128 Å². The van der Waals surface area contributed by atoms with Crippen LogP contribution in [-0.2, 0) is 0 Å². The van der Waals surface area contributed by atoms with Crippen molar-refractivity contribution in [3.63, 3.8) is 0 Å². The van der Waals surface area contributed by atoms with Crippen LogP contribution in [0.1, 0.15) is 30.0 Å². The van der Waals surface area contributed by atoms with Crippen molar-refractivity contribution in [3.05, 3.63) is 47.2 Å². The lowest BCUT2D eigenvalue weighted by molar-refractivity contribution is 0.249. The molecule has 1 aromatic heterocycles. The second-order valence-corrected chi connectivity index (χ2v) is 5.03. The molecule has 0 bridgehead atoms. The number of nitrogens with one attached hydrogen (secondary N) is 2. The average molecular weight is 306 g/mol. The van der Waals surface area contributed by atoms with Crippen molar-refractivity contribution in [2.24, 2.45) is 0 Å². The Morgan fingerprint density at radius 2 is 2.05 bits per heavy atom. The maximum absolute atomic E-state index is 13.1. The first kappa shape index (κ1) is 15.9. The lowest BCUT2D eigenvalue weighted by atomic mass is 10.1. The first-order valence-corrected chi connectivity index (χ1v) is 6.88. The zero-order valence-corrected chi connectivity index (χ0v) is 13.0. The van der Waals surface area contributed by atoms with Gasteiger partial charge in [0.15, 0.2) is 0 Å². The molecule has 0 saturated carbocycles. The van der Waals surface area contributed by atoms with Crippen LogP contribution in [0.4, 0.5) is 14.9 Å². The first-order chi connectivity index (χ1) is 10.4. The summed E-state index contributed by atoms with van der Waals surface area (Å²) < 4.78 is 23.6. The molecule has 0 aliphatic heterocycles. The normalized spacial score (nSPS) is 11.9. The van der Waals surface area contributed by atoms with Crippen molar-refractivity contribution in [2.45, 2.75) is 26.8 Å². The van der Waals surface area contributed by atoms with Gasteiger partial charge in [0.25, 0.3) is 0 Å². The van der Waals surface area contributed by atoms with Gasteiger partial charge in [-0.3, -0.25) is 0 Å². The molecule has 1 unspecified atom stereocenters. The molecule has 1 heterocycles. The molecule has 5 nitrogen and oxygen atoms in total. The maximum Gasteiger partial charge on any atom is 0.319 e. The van der Waals surface area contributed by atoms with E-state index in [1.807, 2.05) is 26.8 Å². The minimum absolute atomic E-state index is 0.219. The highest BCUT2D eigenvalue weighted by Gasteiger charge is 2.16. The summed E-state index contributed by atoms with van der Waals surface area (Å²) in [6.45, 7) is 5.56. The second-order valence-electron chi connectivity index (χ2n) is 5.03. The highest BCUT2D eigenvalue weighted by molar-refractivity contribution is 5.91. The number of hydrogen-bond donors (Lipinski definition) is 2. The van der Waals surface area contributed by atoms with Gasteiger partial charge in [-0.25, -0.2) is 9.18 Å². The number of methoxy groups -OCH3 is 1. The zero-order chi connectivity index (χ0) is 16.3. The molecular formula is C16H19FN2O3. The van der Waals surface area contributed by atoms with Crippen LogP contribution in [0, 0.1) is 19.7 Å². The number of anilines is 1. The Hall–Kier alpha value is -2.50. The van der Waals surface area contributed by atoms with Gasteiger partial charge in [-0.2, -0.15) is 0 Å². The number of carbonyl (C=O) groups is 1. The quantitative estimate of drug-likeness (QED) is 0.899. The minimum Gasteiger partial charge on any atom is -0.494 e. The van der Waals surface area contributed by atoms with Crippen molar-refractivity contribution in [2.75, 3.05) is 12.4 Å². The molecule has 22 heavy (non-hydrogen) atoms. The highest BCUT2D eigenvalue weighted by Crippen LogP contribution is 2.25. The molecular weight excluding hydrogens is 287 g/mol. The predicted molar refractivity (Wildman–Crippen MR) is 81.7 cm³/mol. The predicted octanol–water partition coefficient (Wildman–Crippen LogP) is 3.93. The van der Waals surface area contributed by atoms with E-state index in [1.54, 1.807) is 0 Å². The van der Waals surface area contributed by atoms with E-state index in [1.165, 1.54) is 25.3 Å². The van der Waals surface area contributed by atoms with Gasteiger partial charge in [0, 0.05) is 11.6 Å². The summed E-state index contributed by atoms with van der Waals surface area (Å²) in [7, 11) is 1.41. The summed E-state index contributed by atoms with van der Waals surface area (Å²) in [6, 6.07) is 5.18. The molecule has 2 amide bonds. The fourth-order valence-corrected chi connectivity index (χ4v) is 2.28. The van der Waals surface area contributed by atoms with Crippen LogP contribution >= 0.6 is 0 Å². The number of amides is 2. The van der Waals surface area contributed by atoms with Gasteiger partial charge in [0.2, 0.25) is 0 Å². The molecule has 0 saturated heterocycles. The summed E-state index contributed by atoms with van der Waals surface area (Å²) in [5, 5.41) is 5.45. The molecule has 1 aromatic carbocycles. The lowest BCUT2D eigenvalue weighted by Gasteiger charge is -2.15. The third kappa shape index (κ3) is 3.58. The van der Waals surface area contributed by atoms with E-state index in [2.05, 4.69) is 10.6 Å². The number of ether oxygens (including phenoxy) is 1. The van der Waals surface area contributed by atoms with Crippen LogP contribution in [-0.4, -0.2) is 13.1 Å². The molecule has 1 atom stereocenters. The zero-order valence-electron chi connectivity index (χ0n) is 13.0. The number of furan rings is 1. The van der Waals surface area contributed by atoms with Gasteiger partial charge < -0.3 is 19.8 Å². The topological polar surface area (TPSA) is 63.5 Å². The summed E-state index contributed by atoms with van der Waals surface area (Å²) in [5.74, 6) is 1.39. The Kier molecular flexibility index (Phi) is 4.70. The minimum atomic E-state index is -0.430. The molecule has 0 aliphatic carbocycles. The molecule has 2 rings (SSSR count). The third-order valence-corrected chi connectivity index (χ3v) is 3.31. The highest BCUT2D eigenvalue weighted by atomic mass is 19.1. The van der Waals surface area contributed by atoms with Crippen LogP contribution in [0.5, 0.6) is 5.75 Å². The molecule has 0 spiro atoms. The fraction of sp³-hybridized carbons (Fsp3) is 0.312. The van der Waals surface area contributed by atoms with E-state index in [0.717, 1.165) is 17.1 Å². The Bertz CT molecular complexity index is 682. The summed E-state index contributed by atoms with van der Waals surface area (Å²) >= 11 is 0. The van der Waals surface area contributed by atoms with Crippen LogP contribution in [0.25, 0.3) is 0 Å². The van der Waals surface area contributed by atoms with Crippen molar-refractivity contribution in [3.8, 4) is 5.75 Å². The van der Waals surface area contributed by atoms with Crippen LogP contribution in [0.2, 0.25) is 0 Å². The monoisotopic (exact) mass is 306 g/mol. The van der Waals surface area contributed by atoms with Crippen molar-refractivity contribution < 1.29 is 18.3 Å². The van der Waals surface area contributed by atoms with E-state index in [9.17, 15) is 9.18 Å². The van der Waals surface area contributed by atoms with E-state index in [0.29, 0.717) is 5.69 Å². The summed E-state index contributed by atoms with van der Waals surface area (Å²) in [6.07, 6.45) is 0. The van der Waals surface area contributed by atoms with Gasteiger partial charge in [0.05, 0.1) is 18.8 Å². The van der Waals surface area contributed by atoms with Crippen LogP contribution in [0.3, 0.4) is 0 Å². The molecule has 118 valence electrons.